The third-order valence-electron chi connectivity index (χ3n) is 5.85. The summed E-state index contributed by atoms with van der Waals surface area (Å²) in [5, 5.41) is 5.48. The number of dihydropyridines is 1. The van der Waals surface area contributed by atoms with Gasteiger partial charge in [-0.15, -0.1) is 0 Å². The van der Waals surface area contributed by atoms with E-state index in [1.807, 2.05) is 13.8 Å². The van der Waals surface area contributed by atoms with E-state index in [4.69, 9.17) is 9.47 Å². The van der Waals surface area contributed by atoms with E-state index in [9.17, 15) is 22.8 Å². The highest BCUT2D eigenvalue weighted by atomic mass is 19.4. The SMILES string of the molecule is CC(C)CC(C)(COc1ccc(C2=CC=NC3CNC(=O)C23)cc1C(F)(F)F)NC(=O)OC(C)(C)C. The second kappa shape index (κ2) is 10.1. The second-order valence-electron chi connectivity index (χ2n) is 11.0. The third-order valence-corrected chi connectivity index (χ3v) is 5.85. The van der Waals surface area contributed by atoms with Gasteiger partial charge in [0.2, 0.25) is 5.91 Å². The van der Waals surface area contributed by atoms with Gasteiger partial charge in [0, 0.05) is 12.8 Å². The van der Waals surface area contributed by atoms with Gasteiger partial charge < -0.3 is 20.1 Å². The van der Waals surface area contributed by atoms with E-state index in [0.29, 0.717) is 18.5 Å². The number of hydrogen-bond donors (Lipinski definition) is 2. The molecule has 0 saturated carbocycles. The number of carbonyl (C=O) groups excluding carboxylic acids is 2. The highest BCUT2D eigenvalue weighted by Gasteiger charge is 2.41. The Morgan fingerprint density at radius 3 is 2.53 bits per heavy atom. The molecule has 2 aliphatic heterocycles. The largest absolute Gasteiger partial charge is 0.491 e. The number of nitrogens with zero attached hydrogens (tertiary/aromatic N) is 1. The molecule has 3 rings (SSSR count). The van der Waals surface area contributed by atoms with Gasteiger partial charge in [-0.1, -0.05) is 19.9 Å². The van der Waals surface area contributed by atoms with Crippen LogP contribution >= 0.6 is 0 Å². The number of allylic oxidation sites excluding steroid dienone is 1. The Balaban J connectivity index is 1.87. The fraction of sp³-hybridized carbons (Fsp3) is 0.577. The lowest BCUT2D eigenvalue weighted by Crippen LogP contribution is -2.52. The minimum absolute atomic E-state index is 0.128. The standard InChI is InChI=1S/C26H34F3N3O4/c1-15(2)12-25(6,32-23(34)36-24(3,4)5)14-35-20-8-7-16(11-18(20)26(27,28)29)17-9-10-30-19-13-31-22(33)21(17)19/h7-11,15,19,21H,12-14H2,1-6H3,(H,31,33)(H,32,34). The van der Waals surface area contributed by atoms with E-state index < -0.39 is 34.9 Å². The molecule has 2 heterocycles. The molecule has 2 aliphatic rings. The lowest BCUT2D eigenvalue weighted by molar-refractivity contribution is -0.139. The summed E-state index contributed by atoms with van der Waals surface area (Å²) in [4.78, 5) is 29.0. The predicted molar refractivity (Wildman–Crippen MR) is 131 cm³/mol. The number of fused-ring (bicyclic) bond motifs is 1. The normalized spacial score (nSPS) is 21.4. The van der Waals surface area contributed by atoms with Crippen LogP contribution in [0.15, 0.2) is 29.3 Å². The number of aliphatic imine (C=N–C) groups is 1. The highest BCUT2D eigenvalue weighted by molar-refractivity contribution is 6.00. The number of rotatable bonds is 7. The van der Waals surface area contributed by atoms with Crippen LogP contribution in [-0.4, -0.2) is 48.5 Å². The maximum atomic E-state index is 14.1. The molecule has 1 aromatic carbocycles. The van der Waals surface area contributed by atoms with Gasteiger partial charge in [-0.3, -0.25) is 9.79 Å². The van der Waals surface area contributed by atoms with Crippen LogP contribution in [0.2, 0.25) is 0 Å². The van der Waals surface area contributed by atoms with Gasteiger partial charge in [-0.05, 0) is 69.4 Å². The van der Waals surface area contributed by atoms with Gasteiger partial charge >= 0.3 is 12.3 Å². The van der Waals surface area contributed by atoms with Gasteiger partial charge in [0.25, 0.3) is 0 Å². The van der Waals surface area contributed by atoms with Crippen molar-refractivity contribution < 1.29 is 32.2 Å². The average molecular weight is 510 g/mol. The molecule has 0 spiro atoms. The summed E-state index contributed by atoms with van der Waals surface area (Å²) in [6.45, 7) is 10.9. The fourth-order valence-electron chi connectivity index (χ4n) is 4.60. The van der Waals surface area contributed by atoms with Gasteiger partial charge in [0.1, 0.15) is 18.0 Å². The first-order valence-electron chi connectivity index (χ1n) is 11.9. The Bertz CT molecular complexity index is 1060. The zero-order chi connectivity index (χ0) is 26.9. The van der Waals surface area contributed by atoms with Crippen molar-refractivity contribution in [1.82, 2.24) is 10.6 Å². The number of alkyl halides is 3. The maximum Gasteiger partial charge on any atom is 0.419 e. The molecule has 1 aromatic rings. The van der Waals surface area contributed by atoms with Crippen LogP contribution in [-0.2, 0) is 15.7 Å². The third kappa shape index (κ3) is 6.79. The zero-order valence-corrected chi connectivity index (χ0v) is 21.5. The van der Waals surface area contributed by atoms with Crippen molar-refractivity contribution in [2.45, 2.75) is 71.3 Å². The number of amides is 2. The lowest BCUT2D eigenvalue weighted by Gasteiger charge is -2.33. The van der Waals surface area contributed by atoms with Crippen molar-refractivity contribution in [3.05, 3.63) is 35.4 Å². The van der Waals surface area contributed by atoms with E-state index in [0.717, 1.165) is 6.07 Å². The molecule has 3 atom stereocenters. The number of benzene rings is 1. The summed E-state index contributed by atoms with van der Waals surface area (Å²) < 4.78 is 53.2. The number of alkyl carbamates (subject to hydrolysis) is 1. The molecule has 1 fully saturated rings. The van der Waals surface area contributed by atoms with Crippen molar-refractivity contribution in [3.63, 3.8) is 0 Å². The Labute approximate surface area is 209 Å². The van der Waals surface area contributed by atoms with Crippen LogP contribution in [0.3, 0.4) is 0 Å². The number of halogens is 3. The van der Waals surface area contributed by atoms with Crippen molar-refractivity contribution in [2.24, 2.45) is 16.8 Å². The number of ether oxygens (including phenoxy) is 2. The summed E-state index contributed by atoms with van der Waals surface area (Å²) in [7, 11) is 0. The van der Waals surface area contributed by atoms with E-state index in [-0.39, 0.29) is 35.8 Å². The molecule has 1 saturated heterocycles. The fourth-order valence-corrected chi connectivity index (χ4v) is 4.60. The molecule has 2 amide bonds. The van der Waals surface area contributed by atoms with Crippen LogP contribution in [0, 0.1) is 11.8 Å². The van der Waals surface area contributed by atoms with Crippen LogP contribution in [0.25, 0.3) is 5.57 Å². The first-order valence-corrected chi connectivity index (χ1v) is 11.9. The van der Waals surface area contributed by atoms with Gasteiger partial charge in [0.05, 0.1) is 23.1 Å². The zero-order valence-electron chi connectivity index (χ0n) is 21.5. The highest BCUT2D eigenvalue weighted by Crippen LogP contribution is 2.41. The Morgan fingerprint density at radius 1 is 1.22 bits per heavy atom. The van der Waals surface area contributed by atoms with E-state index in [1.165, 1.54) is 18.3 Å². The topological polar surface area (TPSA) is 89.0 Å². The lowest BCUT2D eigenvalue weighted by atomic mass is 9.86. The monoisotopic (exact) mass is 509 g/mol. The molecule has 10 heteroatoms. The minimum Gasteiger partial charge on any atom is -0.491 e. The van der Waals surface area contributed by atoms with Crippen molar-refractivity contribution >= 4 is 23.8 Å². The maximum absolute atomic E-state index is 14.1. The Kier molecular flexibility index (Phi) is 7.76. The summed E-state index contributed by atoms with van der Waals surface area (Å²) >= 11 is 0. The first kappa shape index (κ1) is 27.5. The smallest absolute Gasteiger partial charge is 0.419 e. The van der Waals surface area contributed by atoms with Crippen molar-refractivity contribution in [1.29, 1.82) is 0 Å². The molecule has 36 heavy (non-hydrogen) atoms. The summed E-state index contributed by atoms with van der Waals surface area (Å²) in [5.74, 6) is -1.11. The van der Waals surface area contributed by atoms with Crippen molar-refractivity contribution in [3.8, 4) is 5.75 Å². The van der Waals surface area contributed by atoms with Gasteiger partial charge in [-0.25, -0.2) is 4.79 Å². The van der Waals surface area contributed by atoms with E-state index in [2.05, 4.69) is 15.6 Å². The predicted octanol–water partition coefficient (Wildman–Crippen LogP) is 5.00. The second-order valence-corrected chi connectivity index (χ2v) is 11.0. The molecule has 0 bridgehead atoms. The van der Waals surface area contributed by atoms with Crippen LogP contribution in [0.4, 0.5) is 18.0 Å². The quantitative estimate of drug-likeness (QED) is 0.542. The molecule has 7 nitrogen and oxygen atoms in total. The molecular weight excluding hydrogens is 475 g/mol. The number of carbonyl (C=O) groups is 2. The number of nitrogens with one attached hydrogen (secondary N) is 2. The Hall–Kier alpha value is -3.04. The Morgan fingerprint density at radius 2 is 1.92 bits per heavy atom. The van der Waals surface area contributed by atoms with E-state index in [1.54, 1.807) is 33.8 Å². The van der Waals surface area contributed by atoms with Crippen molar-refractivity contribution in [2.75, 3.05) is 13.2 Å². The molecule has 0 aromatic heterocycles. The molecule has 198 valence electrons. The minimum atomic E-state index is -4.70. The molecule has 2 N–H and O–H groups in total. The molecule has 0 radical (unpaired) electrons. The molecule has 3 unspecified atom stereocenters. The van der Waals surface area contributed by atoms with Crippen LogP contribution < -0.4 is 15.4 Å². The molecule has 0 aliphatic carbocycles. The average Bonchev–Trinajstić information content (AvgIpc) is 3.10. The first-order chi connectivity index (χ1) is 16.6. The molecular formula is C26H34F3N3O4. The summed E-state index contributed by atoms with van der Waals surface area (Å²) in [6.07, 6.45) is -1.81. The number of hydrogen-bond acceptors (Lipinski definition) is 5. The van der Waals surface area contributed by atoms with Crippen LogP contribution in [0.5, 0.6) is 5.75 Å². The summed E-state index contributed by atoms with van der Waals surface area (Å²) in [5.41, 5.74) is -1.89. The van der Waals surface area contributed by atoms with Gasteiger partial charge in [0.15, 0.2) is 0 Å². The summed E-state index contributed by atoms with van der Waals surface area (Å²) in [6, 6.07) is 3.44. The van der Waals surface area contributed by atoms with E-state index >= 15 is 0 Å². The van der Waals surface area contributed by atoms with Gasteiger partial charge in [-0.2, -0.15) is 13.2 Å². The van der Waals surface area contributed by atoms with Crippen LogP contribution in [0.1, 0.15) is 59.1 Å².